The molecular weight excluding hydrogens is 174 g/mol. The highest BCUT2D eigenvalue weighted by Gasteiger charge is 2.22. The van der Waals surface area contributed by atoms with Crippen LogP contribution >= 0.6 is 0 Å². The molecule has 1 aliphatic heterocycles. The number of allylic oxidation sites excluding steroid dienone is 3. The Morgan fingerprint density at radius 3 is 2.79 bits per heavy atom. The highest BCUT2D eigenvalue weighted by molar-refractivity contribution is 5.07. The maximum atomic E-state index is 5.70. The molecule has 1 saturated heterocycles. The van der Waals surface area contributed by atoms with Crippen LogP contribution in [0.4, 0.5) is 0 Å². The van der Waals surface area contributed by atoms with Gasteiger partial charge in [-0.25, -0.2) is 0 Å². The lowest BCUT2D eigenvalue weighted by Gasteiger charge is -2.32. The molecule has 2 heteroatoms. The second kappa shape index (κ2) is 5.99. The van der Waals surface area contributed by atoms with Crippen LogP contribution in [0.3, 0.4) is 0 Å². The van der Waals surface area contributed by atoms with Crippen LogP contribution in [0.2, 0.25) is 0 Å². The summed E-state index contributed by atoms with van der Waals surface area (Å²) in [4.78, 5) is 0. The summed E-state index contributed by atoms with van der Waals surface area (Å²) in [6, 6.07) is 0.880. The van der Waals surface area contributed by atoms with Crippen molar-refractivity contribution in [3.8, 4) is 0 Å². The van der Waals surface area contributed by atoms with E-state index in [2.05, 4.69) is 50.4 Å². The minimum Gasteiger partial charge on any atom is -0.371 e. The molecule has 0 aromatic rings. The third kappa shape index (κ3) is 3.64. The SMILES string of the molecule is CCC=CC=CC1OCC(C)NC1C. The predicted molar refractivity (Wildman–Crippen MR) is 60.4 cm³/mol. The number of hydrogen-bond donors (Lipinski definition) is 1. The predicted octanol–water partition coefficient (Wildman–Crippen LogP) is 2.27. The van der Waals surface area contributed by atoms with Gasteiger partial charge in [0.1, 0.15) is 0 Å². The van der Waals surface area contributed by atoms with Crippen molar-refractivity contribution in [2.75, 3.05) is 6.61 Å². The molecule has 0 aromatic heterocycles. The van der Waals surface area contributed by atoms with E-state index in [1.54, 1.807) is 0 Å². The lowest BCUT2D eigenvalue weighted by atomic mass is 10.1. The molecule has 1 aliphatic rings. The Balaban J connectivity index is 2.37. The minimum absolute atomic E-state index is 0.215. The van der Waals surface area contributed by atoms with E-state index in [1.165, 1.54) is 0 Å². The molecule has 0 spiro atoms. The van der Waals surface area contributed by atoms with E-state index in [0.717, 1.165) is 13.0 Å². The fraction of sp³-hybridized carbons (Fsp3) is 0.667. The van der Waals surface area contributed by atoms with E-state index in [-0.39, 0.29) is 6.10 Å². The summed E-state index contributed by atoms with van der Waals surface area (Å²) in [5.41, 5.74) is 0. The number of hydrogen-bond acceptors (Lipinski definition) is 2. The summed E-state index contributed by atoms with van der Waals surface area (Å²) in [5, 5.41) is 3.47. The van der Waals surface area contributed by atoms with Crippen LogP contribution in [-0.2, 0) is 4.74 Å². The average molecular weight is 195 g/mol. The van der Waals surface area contributed by atoms with E-state index in [0.29, 0.717) is 12.1 Å². The maximum absolute atomic E-state index is 5.70. The molecule has 1 fully saturated rings. The van der Waals surface area contributed by atoms with Gasteiger partial charge in [0.15, 0.2) is 0 Å². The van der Waals surface area contributed by atoms with Crippen molar-refractivity contribution in [1.82, 2.24) is 5.32 Å². The lowest BCUT2D eigenvalue weighted by Crippen LogP contribution is -2.50. The van der Waals surface area contributed by atoms with Crippen LogP contribution in [-0.4, -0.2) is 24.8 Å². The van der Waals surface area contributed by atoms with Crippen LogP contribution in [0.15, 0.2) is 24.3 Å². The molecule has 0 bridgehead atoms. The number of nitrogens with one attached hydrogen (secondary N) is 1. The van der Waals surface area contributed by atoms with Crippen molar-refractivity contribution in [2.45, 2.75) is 45.4 Å². The standard InChI is InChI=1S/C12H21NO/c1-4-5-6-7-8-12-11(3)13-10(2)9-14-12/h5-8,10-13H,4,9H2,1-3H3. The third-order valence-electron chi connectivity index (χ3n) is 2.36. The van der Waals surface area contributed by atoms with E-state index in [9.17, 15) is 0 Å². The highest BCUT2D eigenvalue weighted by atomic mass is 16.5. The van der Waals surface area contributed by atoms with Gasteiger partial charge in [0.05, 0.1) is 12.7 Å². The summed E-state index contributed by atoms with van der Waals surface area (Å²) in [7, 11) is 0. The number of ether oxygens (including phenoxy) is 1. The van der Waals surface area contributed by atoms with Gasteiger partial charge in [-0.15, -0.1) is 0 Å². The van der Waals surface area contributed by atoms with Crippen molar-refractivity contribution in [2.24, 2.45) is 0 Å². The molecule has 14 heavy (non-hydrogen) atoms. The van der Waals surface area contributed by atoms with Crippen molar-refractivity contribution in [3.63, 3.8) is 0 Å². The fourth-order valence-corrected chi connectivity index (χ4v) is 1.60. The second-order valence-corrected chi connectivity index (χ2v) is 3.88. The molecule has 1 rings (SSSR count). The Labute approximate surface area is 87.0 Å². The molecule has 0 saturated carbocycles. The van der Waals surface area contributed by atoms with E-state index in [1.807, 2.05) is 0 Å². The van der Waals surface area contributed by atoms with Crippen molar-refractivity contribution in [3.05, 3.63) is 24.3 Å². The average Bonchev–Trinajstić information content (AvgIpc) is 2.15. The first-order valence-corrected chi connectivity index (χ1v) is 5.45. The summed E-state index contributed by atoms with van der Waals surface area (Å²) in [6.07, 6.45) is 9.71. The molecule has 0 radical (unpaired) electrons. The van der Waals surface area contributed by atoms with E-state index >= 15 is 0 Å². The zero-order valence-corrected chi connectivity index (χ0v) is 9.36. The van der Waals surface area contributed by atoms with Gasteiger partial charge >= 0.3 is 0 Å². The van der Waals surface area contributed by atoms with Gasteiger partial charge in [-0.05, 0) is 20.3 Å². The molecular formula is C12H21NO. The largest absolute Gasteiger partial charge is 0.371 e. The Hall–Kier alpha value is -0.600. The van der Waals surface area contributed by atoms with E-state index in [4.69, 9.17) is 4.74 Å². The van der Waals surface area contributed by atoms with Gasteiger partial charge in [-0.1, -0.05) is 31.2 Å². The van der Waals surface area contributed by atoms with Gasteiger partial charge in [-0.2, -0.15) is 0 Å². The summed E-state index contributed by atoms with van der Waals surface area (Å²) in [6.45, 7) is 7.24. The van der Waals surface area contributed by atoms with Crippen molar-refractivity contribution < 1.29 is 4.74 Å². The summed E-state index contributed by atoms with van der Waals surface area (Å²) in [5.74, 6) is 0. The molecule has 3 atom stereocenters. The molecule has 0 aromatic carbocycles. The molecule has 1 N–H and O–H groups in total. The molecule has 0 amide bonds. The second-order valence-electron chi connectivity index (χ2n) is 3.88. The van der Waals surface area contributed by atoms with Crippen LogP contribution in [0.1, 0.15) is 27.2 Å². The van der Waals surface area contributed by atoms with Gasteiger partial charge in [0.2, 0.25) is 0 Å². The first-order chi connectivity index (χ1) is 6.74. The van der Waals surface area contributed by atoms with Crippen LogP contribution in [0.5, 0.6) is 0 Å². The Bertz CT molecular complexity index is 210. The van der Waals surface area contributed by atoms with Crippen molar-refractivity contribution >= 4 is 0 Å². The van der Waals surface area contributed by atoms with Gasteiger partial charge in [-0.3, -0.25) is 0 Å². The third-order valence-corrected chi connectivity index (χ3v) is 2.36. The van der Waals surface area contributed by atoms with Crippen LogP contribution in [0, 0.1) is 0 Å². The zero-order valence-electron chi connectivity index (χ0n) is 9.36. The van der Waals surface area contributed by atoms with Crippen molar-refractivity contribution in [1.29, 1.82) is 0 Å². The number of morpholine rings is 1. The Kier molecular flexibility index (Phi) is 4.91. The monoisotopic (exact) mass is 195 g/mol. The van der Waals surface area contributed by atoms with Gasteiger partial charge in [0.25, 0.3) is 0 Å². The lowest BCUT2D eigenvalue weighted by molar-refractivity contribution is 0.00911. The zero-order chi connectivity index (χ0) is 10.4. The Morgan fingerprint density at radius 2 is 2.14 bits per heavy atom. The molecule has 3 unspecified atom stereocenters. The molecule has 2 nitrogen and oxygen atoms in total. The Morgan fingerprint density at radius 1 is 1.36 bits per heavy atom. The first kappa shape index (κ1) is 11.5. The molecule has 0 aliphatic carbocycles. The number of rotatable bonds is 3. The highest BCUT2D eigenvalue weighted by Crippen LogP contribution is 2.09. The van der Waals surface area contributed by atoms with Gasteiger partial charge in [0, 0.05) is 12.1 Å². The van der Waals surface area contributed by atoms with Crippen LogP contribution in [0.25, 0.3) is 0 Å². The molecule has 1 heterocycles. The first-order valence-electron chi connectivity index (χ1n) is 5.45. The molecule has 80 valence electrons. The minimum atomic E-state index is 0.215. The van der Waals surface area contributed by atoms with Gasteiger partial charge < -0.3 is 10.1 Å². The summed E-state index contributed by atoms with van der Waals surface area (Å²) >= 11 is 0. The topological polar surface area (TPSA) is 21.3 Å². The maximum Gasteiger partial charge on any atom is 0.0909 e. The van der Waals surface area contributed by atoms with E-state index < -0.39 is 0 Å². The summed E-state index contributed by atoms with van der Waals surface area (Å²) < 4.78 is 5.70. The fourth-order valence-electron chi connectivity index (χ4n) is 1.60. The van der Waals surface area contributed by atoms with Crippen LogP contribution < -0.4 is 5.32 Å². The smallest absolute Gasteiger partial charge is 0.0909 e. The quantitative estimate of drug-likeness (QED) is 0.698. The normalized spacial score (nSPS) is 34.4.